The lowest BCUT2D eigenvalue weighted by Crippen LogP contribution is -2.27. The first kappa shape index (κ1) is 14.2. The van der Waals surface area contributed by atoms with Crippen LogP contribution in [0.25, 0.3) is 0 Å². The third-order valence-corrected chi connectivity index (χ3v) is 2.55. The topological polar surface area (TPSA) is 3.24 Å². The Kier molecular flexibility index (Phi) is 7.64. The average molecular weight is 276 g/mol. The highest BCUT2D eigenvalue weighted by atomic mass is 79.9. The monoisotopic (exact) mass is 275 g/mol. The molecule has 1 nitrogen and oxygen atoms in total. The number of rotatable bonds is 7. The summed E-state index contributed by atoms with van der Waals surface area (Å²) in [7, 11) is 0. The Hall–Kier alpha value is 0.230. The standard InChI is InChI=1S/C9H17BrF3N/c1-2-14(8-4-6-10)7-3-5-9(11,12)13/h2-8H2,1H3. The Morgan fingerprint density at radius 1 is 1.14 bits per heavy atom. The molecule has 0 aromatic carbocycles. The van der Waals surface area contributed by atoms with Gasteiger partial charge in [0.25, 0.3) is 0 Å². The lowest BCUT2D eigenvalue weighted by molar-refractivity contribution is -0.136. The second-order valence-electron chi connectivity index (χ2n) is 3.20. The predicted molar refractivity (Wildman–Crippen MR) is 55.8 cm³/mol. The minimum Gasteiger partial charge on any atom is -0.304 e. The summed E-state index contributed by atoms with van der Waals surface area (Å²) >= 11 is 3.30. The second-order valence-corrected chi connectivity index (χ2v) is 3.99. The van der Waals surface area contributed by atoms with Gasteiger partial charge in [0, 0.05) is 11.8 Å². The molecule has 0 amide bonds. The third-order valence-electron chi connectivity index (χ3n) is 1.99. The molecule has 0 unspecified atom stereocenters. The SMILES string of the molecule is CCN(CCCBr)CCCC(F)(F)F. The molecular weight excluding hydrogens is 259 g/mol. The van der Waals surface area contributed by atoms with Crippen LogP contribution in [-0.2, 0) is 0 Å². The molecule has 0 rings (SSSR count). The molecule has 86 valence electrons. The molecule has 0 aliphatic rings. The van der Waals surface area contributed by atoms with E-state index in [0.717, 1.165) is 24.8 Å². The molecule has 0 radical (unpaired) electrons. The quantitative estimate of drug-likeness (QED) is 0.644. The van der Waals surface area contributed by atoms with E-state index in [1.54, 1.807) is 0 Å². The molecule has 5 heteroatoms. The van der Waals surface area contributed by atoms with Gasteiger partial charge in [-0.05, 0) is 32.5 Å². The van der Waals surface area contributed by atoms with Crippen molar-refractivity contribution in [3.05, 3.63) is 0 Å². The van der Waals surface area contributed by atoms with Crippen LogP contribution in [0.2, 0.25) is 0 Å². The Morgan fingerprint density at radius 2 is 1.71 bits per heavy atom. The van der Waals surface area contributed by atoms with Crippen LogP contribution in [0.4, 0.5) is 13.2 Å². The van der Waals surface area contributed by atoms with Gasteiger partial charge in [-0.2, -0.15) is 13.2 Å². The maximum atomic E-state index is 11.8. The minimum atomic E-state index is -4.01. The minimum absolute atomic E-state index is 0.208. The molecule has 0 saturated heterocycles. The molecule has 0 fully saturated rings. The number of hydrogen-bond acceptors (Lipinski definition) is 1. The van der Waals surface area contributed by atoms with E-state index in [9.17, 15) is 13.2 Å². The summed E-state index contributed by atoms with van der Waals surface area (Å²) in [5, 5.41) is 0.906. The van der Waals surface area contributed by atoms with E-state index in [0.29, 0.717) is 6.54 Å². The van der Waals surface area contributed by atoms with Crippen LogP contribution >= 0.6 is 15.9 Å². The fraction of sp³-hybridized carbons (Fsp3) is 1.00. The van der Waals surface area contributed by atoms with Gasteiger partial charge in [0.15, 0.2) is 0 Å². The molecule has 0 bridgehead atoms. The van der Waals surface area contributed by atoms with Crippen molar-refractivity contribution in [2.75, 3.05) is 25.0 Å². The largest absolute Gasteiger partial charge is 0.389 e. The summed E-state index contributed by atoms with van der Waals surface area (Å²) in [4.78, 5) is 2.05. The average Bonchev–Trinajstić information content (AvgIpc) is 2.09. The number of alkyl halides is 4. The molecule has 0 aromatic rings. The number of halogens is 4. The highest BCUT2D eigenvalue weighted by Crippen LogP contribution is 2.21. The smallest absolute Gasteiger partial charge is 0.304 e. The molecule has 0 aromatic heterocycles. The lowest BCUT2D eigenvalue weighted by atomic mass is 10.2. The van der Waals surface area contributed by atoms with Gasteiger partial charge in [-0.25, -0.2) is 0 Å². The van der Waals surface area contributed by atoms with Crippen molar-refractivity contribution in [3.8, 4) is 0 Å². The van der Waals surface area contributed by atoms with E-state index in [2.05, 4.69) is 15.9 Å². The Bertz CT molecular complexity index is 139. The van der Waals surface area contributed by atoms with Gasteiger partial charge >= 0.3 is 6.18 Å². The predicted octanol–water partition coefficient (Wildman–Crippen LogP) is 3.44. The van der Waals surface area contributed by atoms with Crippen molar-refractivity contribution in [1.29, 1.82) is 0 Å². The summed E-state index contributed by atoms with van der Waals surface area (Å²) in [6.07, 6.45) is -3.48. The second kappa shape index (κ2) is 7.51. The Morgan fingerprint density at radius 3 is 2.14 bits per heavy atom. The van der Waals surface area contributed by atoms with Crippen molar-refractivity contribution in [2.24, 2.45) is 0 Å². The zero-order valence-electron chi connectivity index (χ0n) is 8.41. The first-order valence-electron chi connectivity index (χ1n) is 4.84. The fourth-order valence-electron chi connectivity index (χ4n) is 1.21. The maximum absolute atomic E-state index is 11.8. The van der Waals surface area contributed by atoms with Crippen molar-refractivity contribution in [3.63, 3.8) is 0 Å². The van der Waals surface area contributed by atoms with Gasteiger partial charge in [-0.15, -0.1) is 0 Å². The van der Waals surface area contributed by atoms with Crippen molar-refractivity contribution in [1.82, 2.24) is 4.90 Å². The van der Waals surface area contributed by atoms with E-state index in [1.165, 1.54) is 0 Å². The van der Waals surface area contributed by atoms with Crippen molar-refractivity contribution in [2.45, 2.75) is 32.4 Å². The van der Waals surface area contributed by atoms with Crippen LogP contribution in [0.1, 0.15) is 26.2 Å². The van der Waals surface area contributed by atoms with E-state index >= 15 is 0 Å². The zero-order valence-corrected chi connectivity index (χ0v) is 9.99. The van der Waals surface area contributed by atoms with E-state index < -0.39 is 12.6 Å². The first-order valence-corrected chi connectivity index (χ1v) is 5.97. The summed E-state index contributed by atoms with van der Waals surface area (Å²) in [6.45, 7) is 4.22. The summed E-state index contributed by atoms with van der Waals surface area (Å²) < 4.78 is 35.5. The molecule has 0 aliphatic heterocycles. The van der Waals surface area contributed by atoms with Gasteiger partial charge in [0.05, 0.1) is 0 Å². The van der Waals surface area contributed by atoms with Crippen LogP contribution < -0.4 is 0 Å². The highest BCUT2D eigenvalue weighted by molar-refractivity contribution is 9.09. The molecule has 0 atom stereocenters. The van der Waals surface area contributed by atoms with Gasteiger partial charge < -0.3 is 4.90 Å². The molecule has 0 N–H and O–H groups in total. The van der Waals surface area contributed by atoms with E-state index in [4.69, 9.17) is 0 Å². The normalized spacial score (nSPS) is 12.4. The van der Waals surface area contributed by atoms with Crippen LogP contribution in [-0.4, -0.2) is 36.0 Å². The molecule has 0 aliphatic carbocycles. The number of hydrogen-bond donors (Lipinski definition) is 0. The van der Waals surface area contributed by atoms with Gasteiger partial charge in [0.2, 0.25) is 0 Å². The van der Waals surface area contributed by atoms with Crippen molar-refractivity contribution < 1.29 is 13.2 Å². The van der Waals surface area contributed by atoms with Crippen molar-refractivity contribution >= 4 is 15.9 Å². The molecule has 14 heavy (non-hydrogen) atoms. The lowest BCUT2D eigenvalue weighted by Gasteiger charge is -2.19. The zero-order chi connectivity index (χ0) is 11.0. The van der Waals surface area contributed by atoms with Gasteiger partial charge in [0.1, 0.15) is 0 Å². The first-order chi connectivity index (χ1) is 6.49. The van der Waals surface area contributed by atoms with Crippen LogP contribution in [0.5, 0.6) is 0 Å². The number of nitrogens with zero attached hydrogens (tertiary/aromatic N) is 1. The molecular formula is C9H17BrF3N. The van der Waals surface area contributed by atoms with Crippen LogP contribution in [0, 0.1) is 0 Å². The summed E-state index contributed by atoms with van der Waals surface area (Å²) in [5.41, 5.74) is 0. The summed E-state index contributed by atoms with van der Waals surface area (Å²) in [5.74, 6) is 0. The third kappa shape index (κ3) is 8.81. The molecule has 0 saturated carbocycles. The Balaban J connectivity index is 3.52. The maximum Gasteiger partial charge on any atom is 0.389 e. The van der Waals surface area contributed by atoms with Crippen LogP contribution in [0.15, 0.2) is 0 Å². The van der Waals surface area contributed by atoms with Gasteiger partial charge in [-0.3, -0.25) is 0 Å². The van der Waals surface area contributed by atoms with E-state index in [1.807, 2.05) is 11.8 Å². The Labute approximate surface area is 91.8 Å². The van der Waals surface area contributed by atoms with Gasteiger partial charge in [-0.1, -0.05) is 22.9 Å². The molecule has 0 heterocycles. The fourth-order valence-corrected chi connectivity index (χ4v) is 1.47. The van der Waals surface area contributed by atoms with E-state index in [-0.39, 0.29) is 6.42 Å². The summed E-state index contributed by atoms with van der Waals surface area (Å²) in [6, 6.07) is 0. The highest BCUT2D eigenvalue weighted by Gasteiger charge is 2.26. The van der Waals surface area contributed by atoms with Crippen LogP contribution in [0.3, 0.4) is 0 Å². The molecule has 0 spiro atoms.